The fourth-order valence-electron chi connectivity index (χ4n) is 2.43. The van der Waals surface area contributed by atoms with Crippen molar-refractivity contribution in [3.05, 3.63) is 62.2 Å². The summed E-state index contributed by atoms with van der Waals surface area (Å²) in [6.07, 6.45) is 0.748. The molecule has 3 rings (SSSR count). The third kappa shape index (κ3) is 3.83. The summed E-state index contributed by atoms with van der Waals surface area (Å²) >= 11 is 1.41. The molecular formula is C18H16N2O4S. The van der Waals surface area contributed by atoms with Crippen LogP contribution >= 0.6 is 11.3 Å². The van der Waals surface area contributed by atoms with Gasteiger partial charge in [-0.05, 0) is 24.6 Å². The number of Topliss-reactive ketones (excluding diaryl/α,β-unsaturated/α-hetero) is 1. The molecule has 1 aromatic carbocycles. The lowest BCUT2D eigenvalue weighted by Crippen LogP contribution is -2.18. The number of carbonyl (C=O) groups is 2. The van der Waals surface area contributed by atoms with Gasteiger partial charge >= 0.3 is 5.97 Å². The molecule has 2 aromatic heterocycles. The quantitative estimate of drug-likeness (QED) is 0.541. The number of nitrogens with zero attached hydrogens (tertiary/aromatic N) is 1. The number of ether oxygens (including phenoxy) is 1. The first kappa shape index (κ1) is 17.0. The first-order valence-electron chi connectivity index (χ1n) is 7.82. The van der Waals surface area contributed by atoms with Crippen molar-refractivity contribution < 1.29 is 14.3 Å². The number of thiophene rings is 1. The van der Waals surface area contributed by atoms with Gasteiger partial charge in [0.25, 0.3) is 5.56 Å². The maximum atomic E-state index is 12.1. The molecule has 7 heteroatoms. The average Bonchev–Trinajstić information content (AvgIpc) is 3.12. The van der Waals surface area contributed by atoms with Gasteiger partial charge < -0.3 is 4.74 Å². The molecule has 0 aliphatic rings. The van der Waals surface area contributed by atoms with Crippen molar-refractivity contribution in [3.8, 4) is 0 Å². The van der Waals surface area contributed by atoms with Gasteiger partial charge in [-0.25, -0.2) is 5.10 Å². The van der Waals surface area contributed by atoms with E-state index in [9.17, 15) is 14.4 Å². The van der Waals surface area contributed by atoms with Crippen molar-refractivity contribution >= 4 is 33.9 Å². The van der Waals surface area contributed by atoms with E-state index in [1.54, 1.807) is 30.3 Å². The molecule has 3 aromatic rings. The SMILES string of the molecule is CCc1ccc(C(=O)COC(=O)Cc2n[nH]c(=O)c3ccccc23)s1. The molecule has 6 nitrogen and oxygen atoms in total. The van der Waals surface area contributed by atoms with E-state index in [0.717, 1.165) is 11.3 Å². The van der Waals surface area contributed by atoms with Crippen LogP contribution in [0.15, 0.2) is 41.2 Å². The van der Waals surface area contributed by atoms with Crippen molar-refractivity contribution in [3.63, 3.8) is 0 Å². The van der Waals surface area contributed by atoms with Crippen LogP contribution in [-0.4, -0.2) is 28.6 Å². The highest BCUT2D eigenvalue weighted by Gasteiger charge is 2.15. The van der Waals surface area contributed by atoms with Crippen LogP contribution in [-0.2, 0) is 22.4 Å². The third-order valence-corrected chi connectivity index (χ3v) is 5.01. The maximum absolute atomic E-state index is 12.1. The smallest absolute Gasteiger partial charge is 0.312 e. The molecule has 0 radical (unpaired) electrons. The zero-order valence-corrected chi connectivity index (χ0v) is 14.4. The van der Waals surface area contributed by atoms with E-state index in [1.165, 1.54) is 11.3 Å². The highest BCUT2D eigenvalue weighted by molar-refractivity contribution is 7.14. The number of carbonyl (C=O) groups excluding carboxylic acids is 2. The molecule has 0 fully saturated rings. The first-order chi connectivity index (χ1) is 12.1. The average molecular weight is 356 g/mol. The van der Waals surface area contributed by atoms with Gasteiger partial charge in [0, 0.05) is 10.3 Å². The van der Waals surface area contributed by atoms with Crippen molar-refractivity contribution in [1.82, 2.24) is 10.2 Å². The second kappa shape index (κ2) is 7.40. The van der Waals surface area contributed by atoms with Crippen molar-refractivity contribution in [2.75, 3.05) is 6.61 Å². The lowest BCUT2D eigenvalue weighted by atomic mass is 10.1. The van der Waals surface area contributed by atoms with E-state index in [-0.39, 0.29) is 24.4 Å². The Hall–Kier alpha value is -2.80. The maximum Gasteiger partial charge on any atom is 0.312 e. The number of H-pyrrole nitrogens is 1. The number of fused-ring (bicyclic) bond motifs is 1. The lowest BCUT2D eigenvalue weighted by molar-refractivity contribution is -0.141. The molecule has 1 N–H and O–H groups in total. The molecule has 0 aliphatic heterocycles. The molecule has 0 unspecified atom stereocenters. The summed E-state index contributed by atoms with van der Waals surface area (Å²) in [4.78, 5) is 37.5. The highest BCUT2D eigenvalue weighted by atomic mass is 32.1. The van der Waals surface area contributed by atoms with Gasteiger partial charge in [-0.3, -0.25) is 14.4 Å². The van der Waals surface area contributed by atoms with E-state index >= 15 is 0 Å². The minimum Gasteiger partial charge on any atom is -0.457 e. The predicted molar refractivity (Wildman–Crippen MR) is 95.1 cm³/mol. The Kier molecular flexibility index (Phi) is 5.04. The second-order valence-electron chi connectivity index (χ2n) is 5.43. The number of ketones is 1. The van der Waals surface area contributed by atoms with Gasteiger partial charge in [0.15, 0.2) is 6.61 Å². The Balaban J connectivity index is 1.66. The van der Waals surface area contributed by atoms with Crippen LogP contribution in [0.3, 0.4) is 0 Å². The standard InChI is InChI=1S/C18H16N2O4S/c1-2-11-7-8-16(25-11)15(21)10-24-17(22)9-14-12-5-3-4-6-13(12)18(23)20-19-14/h3-8H,2,9-10H2,1H3,(H,20,23). The Labute approximate surface area is 147 Å². The zero-order chi connectivity index (χ0) is 17.8. The Morgan fingerprint density at radius 2 is 1.92 bits per heavy atom. The molecule has 128 valence electrons. The number of aryl methyl sites for hydroxylation is 1. The molecule has 2 heterocycles. The fraction of sp³-hybridized carbons (Fsp3) is 0.222. The molecule has 0 saturated heterocycles. The largest absolute Gasteiger partial charge is 0.457 e. The summed E-state index contributed by atoms with van der Waals surface area (Å²) < 4.78 is 5.07. The Morgan fingerprint density at radius 1 is 1.16 bits per heavy atom. The van der Waals surface area contributed by atoms with Crippen LogP contribution in [0, 0.1) is 0 Å². The minimum atomic E-state index is -0.565. The molecule has 0 spiro atoms. The van der Waals surface area contributed by atoms with Crippen molar-refractivity contribution in [2.45, 2.75) is 19.8 Å². The fourth-order valence-corrected chi connectivity index (χ4v) is 3.30. The molecule has 25 heavy (non-hydrogen) atoms. The van der Waals surface area contributed by atoms with Crippen LogP contribution in [0.2, 0.25) is 0 Å². The summed E-state index contributed by atoms with van der Waals surface area (Å²) in [5.74, 6) is -0.789. The van der Waals surface area contributed by atoms with Crippen LogP contribution in [0.4, 0.5) is 0 Å². The van der Waals surface area contributed by atoms with Gasteiger partial charge in [-0.1, -0.05) is 25.1 Å². The van der Waals surface area contributed by atoms with Gasteiger partial charge in [0.05, 0.1) is 22.4 Å². The van der Waals surface area contributed by atoms with Crippen LogP contribution in [0.5, 0.6) is 0 Å². The summed E-state index contributed by atoms with van der Waals surface area (Å²) in [5.41, 5.74) is 0.101. The van der Waals surface area contributed by atoms with Gasteiger partial charge in [0.1, 0.15) is 0 Å². The van der Waals surface area contributed by atoms with E-state index in [4.69, 9.17) is 4.74 Å². The number of esters is 1. The molecule has 0 amide bonds. The number of hydrogen-bond acceptors (Lipinski definition) is 6. The summed E-state index contributed by atoms with van der Waals surface area (Å²) in [6.45, 7) is 1.71. The summed E-state index contributed by atoms with van der Waals surface area (Å²) in [5, 5.41) is 7.35. The second-order valence-corrected chi connectivity index (χ2v) is 6.59. The minimum absolute atomic E-state index is 0.116. The zero-order valence-electron chi connectivity index (χ0n) is 13.6. The van der Waals surface area contributed by atoms with E-state index in [1.807, 2.05) is 13.0 Å². The van der Waals surface area contributed by atoms with Crippen LogP contribution < -0.4 is 5.56 Å². The van der Waals surface area contributed by atoms with Gasteiger partial charge in [0.2, 0.25) is 5.78 Å². The van der Waals surface area contributed by atoms with Gasteiger partial charge in [-0.15, -0.1) is 11.3 Å². The number of hydrogen-bond donors (Lipinski definition) is 1. The number of benzene rings is 1. The number of aromatic nitrogens is 2. The Bertz CT molecular complexity index is 990. The first-order valence-corrected chi connectivity index (χ1v) is 8.64. The van der Waals surface area contributed by atoms with Gasteiger partial charge in [-0.2, -0.15) is 5.10 Å². The summed E-state index contributed by atoms with van der Waals surface area (Å²) in [6, 6.07) is 10.5. The monoisotopic (exact) mass is 356 g/mol. The molecule has 0 aliphatic carbocycles. The number of nitrogens with one attached hydrogen (secondary N) is 1. The van der Waals surface area contributed by atoms with Crippen LogP contribution in [0.1, 0.15) is 27.2 Å². The van der Waals surface area contributed by atoms with E-state index in [2.05, 4.69) is 10.2 Å². The van der Waals surface area contributed by atoms with Crippen molar-refractivity contribution in [1.29, 1.82) is 0 Å². The Morgan fingerprint density at radius 3 is 2.64 bits per heavy atom. The molecule has 0 bridgehead atoms. The van der Waals surface area contributed by atoms with E-state index in [0.29, 0.717) is 21.3 Å². The number of rotatable bonds is 6. The number of aromatic amines is 1. The van der Waals surface area contributed by atoms with Crippen LogP contribution in [0.25, 0.3) is 10.8 Å². The highest BCUT2D eigenvalue weighted by Crippen LogP contribution is 2.18. The topological polar surface area (TPSA) is 89.1 Å². The molecule has 0 saturated carbocycles. The molecular weight excluding hydrogens is 340 g/mol. The van der Waals surface area contributed by atoms with Crippen molar-refractivity contribution in [2.24, 2.45) is 0 Å². The normalized spacial score (nSPS) is 10.8. The third-order valence-electron chi connectivity index (χ3n) is 3.74. The summed E-state index contributed by atoms with van der Waals surface area (Å²) in [7, 11) is 0. The molecule has 0 atom stereocenters. The predicted octanol–water partition coefficient (Wildman–Crippen LogP) is 2.52. The lowest BCUT2D eigenvalue weighted by Gasteiger charge is -2.05. The van der Waals surface area contributed by atoms with E-state index < -0.39 is 5.97 Å².